The van der Waals surface area contributed by atoms with E-state index < -0.39 is 0 Å². The smallest absolute Gasteiger partial charge is 0.227 e. The second kappa shape index (κ2) is 9.88. The second-order valence-corrected chi connectivity index (χ2v) is 8.16. The molecule has 1 heterocycles. The molecule has 3 rings (SSSR count). The van der Waals surface area contributed by atoms with Gasteiger partial charge in [-0.15, -0.1) is 0 Å². The second-order valence-electron chi connectivity index (χ2n) is 8.16. The minimum atomic E-state index is -0.258. The maximum absolute atomic E-state index is 13.3. The van der Waals surface area contributed by atoms with Crippen LogP contribution in [-0.4, -0.2) is 48.0 Å². The maximum atomic E-state index is 13.3. The molecule has 1 fully saturated rings. The third-order valence-electron chi connectivity index (χ3n) is 5.39. The first kappa shape index (κ1) is 21.3. The van der Waals surface area contributed by atoms with Crippen LogP contribution in [-0.2, 0) is 17.8 Å². The minimum absolute atomic E-state index is 0.0900. The third kappa shape index (κ3) is 6.29. The Kier molecular flexibility index (Phi) is 7.26. The van der Waals surface area contributed by atoms with Gasteiger partial charge in [0.15, 0.2) is 0 Å². The number of halogens is 1. The van der Waals surface area contributed by atoms with Gasteiger partial charge in [0.25, 0.3) is 0 Å². The third-order valence-corrected chi connectivity index (χ3v) is 5.39. The number of hydrogen-bond acceptors (Lipinski definition) is 3. The van der Waals surface area contributed by atoms with Crippen LogP contribution in [0, 0.1) is 5.82 Å². The van der Waals surface area contributed by atoms with Crippen molar-refractivity contribution in [2.24, 2.45) is 0 Å². The lowest BCUT2D eigenvalue weighted by atomic mass is 10.1. The van der Waals surface area contributed by atoms with E-state index in [-0.39, 0.29) is 17.8 Å². The first-order chi connectivity index (χ1) is 13.9. The molecule has 1 atom stereocenters. The highest BCUT2D eigenvalue weighted by molar-refractivity contribution is 5.79. The van der Waals surface area contributed by atoms with Gasteiger partial charge >= 0.3 is 0 Å². The van der Waals surface area contributed by atoms with Crippen molar-refractivity contribution in [3.05, 3.63) is 65.5 Å². The molecule has 2 aromatic rings. The standard InChI is InChI=1S/C24H31FN2O2/c1-18(2)29-23-12-8-19(9-13-23)15-24(28)27(17-22-5-4-14-26(22)3)16-20-6-10-21(25)11-7-20/h6-13,18,22H,4-5,14-17H2,1-3H3/t22-/m1/s1. The summed E-state index contributed by atoms with van der Waals surface area (Å²) in [4.78, 5) is 17.4. The molecule has 0 N–H and O–H groups in total. The zero-order chi connectivity index (χ0) is 20.8. The molecular weight excluding hydrogens is 367 g/mol. The molecule has 0 bridgehead atoms. The van der Waals surface area contributed by atoms with E-state index in [9.17, 15) is 9.18 Å². The van der Waals surface area contributed by atoms with Gasteiger partial charge in [-0.3, -0.25) is 4.79 Å². The molecule has 0 unspecified atom stereocenters. The normalized spacial score (nSPS) is 16.9. The Balaban J connectivity index is 1.69. The van der Waals surface area contributed by atoms with E-state index in [2.05, 4.69) is 11.9 Å². The molecule has 1 amide bonds. The van der Waals surface area contributed by atoms with Crippen LogP contribution < -0.4 is 4.74 Å². The average Bonchev–Trinajstić information content (AvgIpc) is 3.08. The molecule has 0 radical (unpaired) electrons. The molecule has 156 valence electrons. The lowest BCUT2D eigenvalue weighted by Gasteiger charge is -2.29. The number of nitrogens with zero attached hydrogens (tertiary/aromatic N) is 2. The van der Waals surface area contributed by atoms with Gasteiger partial charge in [0, 0.05) is 19.1 Å². The summed E-state index contributed by atoms with van der Waals surface area (Å²) in [5.41, 5.74) is 1.91. The Hall–Kier alpha value is -2.40. The number of likely N-dealkylation sites (N-methyl/N-ethyl adjacent to an activating group) is 1. The number of amides is 1. The van der Waals surface area contributed by atoms with Crippen molar-refractivity contribution in [2.75, 3.05) is 20.1 Å². The molecule has 0 aromatic heterocycles. The summed E-state index contributed by atoms with van der Waals surface area (Å²) in [6.07, 6.45) is 2.73. The van der Waals surface area contributed by atoms with E-state index in [1.54, 1.807) is 12.1 Å². The van der Waals surface area contributed by atoms with Gasteiger partial charge in [-0.05, 0) is 75.7 Å². The summed E-state index contributed by atoms with van der Waals surface area (Å²) < 4.78 is 18.9. The van der Waals surface area contributed by atoms with Gasteiger partial charge in [0.1, 0.15) is 11.6 Å². The van der Waals surface area contributed by atoms with Crippen LogP contribution in [0.5, 0.6) is 5.75 Å². The Bertz CT molecular complexity index is 790. The van der Waals surface area contributed by atoms with Crippen LogP contribution in [0.3, 0.4) is 0 Å². The van der Waals surface area contributed by atoms with Crippen molar-refractivity contribution in [1.82, 2.24) is 9.80 Å². The Morgan fingerprint density at radius 2 is 1.79 bits per heavy atom. The summed E-state index contributed by atoms with van der Waals surface area (Å²) >= 11 is 0. The molecule has 0 spiro atoms. The van der Waals surface area contributed by atoms with E-state index in [1.807, 2.05) is 43.0 Å². The quantitative estimate of drug-likeness (QED) is 0.665. The predicted molar refractivity (Wildman–Crippen MR) is 113 cm³/mol. The van der Waals surface area contributed by atoms with Gasteiger partial charge in [-0.25, -0.2) is 4.39 Å². The number of carbonyl (C=O) groups is 1. The van der Waals surface area contributed by atoms with Crippen molar-refractivity contribution in [3.63, 3.8) is 0 Å². The summed E-state index contributed by atoms with van der Waals surface area (Å²) in [5, 5.41) is 0. The number of carbonyl (C=O) groups excluding carboxylic acids is 1. The van der Waals surface area contributed by atoms with E-state index in [0.717, 1.165) is 36.3 Å². The summed E-state index contributed by atoms with van der Waals surface area (Å²) in [6, 6.07) is 14.5. The van der Waals surface area contributed by atoms with Gasteiger partial charge in [-0.1, -0.05) is 24.3 Å². The SMILES string of the molecule is CC(C)Oc1ccc(CC(=O)N(Cc2ccc(F)cc2)C[C@H]2CCCN2C)cc1. The summed E-state index contributed by atoms with van der Waals surface area (Å²) in [5.74, 6) is 0.643. The molecule has 5 heteroatoms. The van der Waals surface area contributed by atoms with Gasteiger partial charge in [-0.2, -0.15) is 0 Å². The summed E-state index contributed by atoms with van der Waals surface area (Å²) in [6.45, 7) is 6.25. The number of benzene rings is 2. The molecule has 1 aliphatic rings. The minimum Gasteiger partial charge on any atom is -0.491 e. The number of likely N-dealkylation sites (tertiary alicyclic amines) is 1. The van der Waals surface area contributed by atoms with Crippen LogP contribution in [0.1, 0.15) is 37.8 Å². The first-order valence-electron chi connectivity index (χ1n) is 10.4. The fraction of sp³-hybridized carbons (Fsp3) is 0.458. The van der Waals surface area contributed by atoms with Crippen LogP contribution in [0.4, 0.5) is 4.39 Å². The Labute approximate surface area is 173 Å². The molecular formula is C24H31FN2O2. The highest BCUT2D eigenvalue weighted by Gasteiger charge is 2.26. The fourth-order valence-corrected chi connectivity index (χ4v) is 3.77. The molecule has 4 nitrogen and oxygen atoms in total. The van der Waals surface area contributed by atoms with Gasteiger partial charge < -0.3 is 14.5 Å². The van der Waals surface area contributed by atoms with Crippen molar-refractivity contribution in [3.8, 4) is 5.75 Å². The zero-order valence-electron chi connectivity index (χ0n) is 17.6. The fourth-order valence-electron chi connectivity index (χ4n) is 3.77. The van der Waals surface area contributed by atoms with E-state index in [1.165, 1.54) is 12.1 Å². The molecule has 29 heavy (non-hydrogen) atoms. The Morgan fingerprint density at radius 3 is 2.38 bits per heavy atom. The predicted octanol–water partition coefficient (Wildman–Crippen LogP) is 4.28. The zero-order valence-corrected chi connectivity index (χ0v) is 17.6. The molecule has 1 saturated heterocycles. The molecule has 0 saturated carbocycles. The largest absolute Gasteiger partial charge is 0.491 e. The lowest BCUT2D eigenvalue weighted by Crippen LogP contribution is -2.42. The van der Waals surface area contributed by atoms with E-state index >= 15 is 0 Å². The van der Waals surface area contributed by atoms with Crippen molar-refractivity contribution in [1.29, 1.82) is 0 Å². The van der Waals surface area contributed by atoms with Crippen molar-refractivity contribution in [2.45, 2.75) is 51.8 Å². The van der Waals surface area contributed by atoms with E-state index in [0.29, 0.717) is 25.6 Å². The van der Waals surface area contributed by atoms with Crippen LogP contribution in [0.2, 0.25) is 0 Å². The monoisotopic (exact) mass is 398 g/mol. The average molecular weight is 399 g/mol. The number of hydrogen-bond donors (Lipinski definition) is 0. The topological polar surface area (TPSA) is 32.8 Å². The maximum Gasteiger partial charge on any atom is 0.227 e. The van der Waals surface area contributed by atoms with Crippen LogP contribution in [0.25, 0.3) is 0 Å². The highest BCUT2D eigenvalue weighted by Crippen LogP contribution is 2.19. The lowest BCUT2D eigenvalue weighted by molar-refractivity contribution is -0.131. The molecule has 2 aromatic carbocycles. The molecule has 0 aliphatic carbocycles. The highest BCUT2D eigenvalue weighted by atomic mass is 19.1. The van der Waals surface area contributed by atoms with Crippen LogP contribution >= 0.6 is 0 Å². The van der Waals surface area contributed by atoms with Gasteiger partial charge in [0.05, 0.1) is 12.5 Å². The number of rotatable bonds is 8. The summed E-state index contributed by atoms with van der Waals surface area (Å²) in [7, 11) is 2.12. The van der Waals surface area contributed by atoms with Crippen molar-refractivity contribution < 1.29 is 13.9 Å². The first-order valence-corrected chi connectivity index (χ1v) is 10.4. The van der Waals surface area contributed by atoms with E-state index in [4.69, 9.17) is 4.74 Å². The van der Waals surface area contributed by atoms with Crippen molar-refractivity contribution >= 4 is 5.91 Å². The molecule has 1 aliphatic heterocycles. The van der Waals surface area contributed by atoms with Crippen LogP contribution in [0.15, 0.2) is 48.5 Å². The van der Waals surface area contributed by atoms with Gasteiger partial charge in [0.2, 0.25) is 5.91 Å². The Morgan fingerprint density at radius 1 is 1.14 bits per heavy atom. The number of ether oxygens (including phenoxy) is 1.